The van der Waals surface area contributed by atoms with Gasteiger partial charge in [0.2, 0.25) is 0 Å². The van der Waals surface area contributed by atoms with E-state index in [1.165, 1.54) is 0 Å². The maximum atomic E-state index is 5.54. The van der Waals surface area contributed by atoms with Gasteiger partial charge in [0.15, 0.2) is 0 Å². The van der Waals surface area contributed by atoms with Crippen LogP contribution in [0.25, 0.3) is 0 Å². The van der Waals surface area contributed by atoms with E-state index in [0.717, 1.165) is 21.2 Å². The molecular weight excluding hydrogens is 322 g/mol. The molecule has 1 aromatic rings. The maximum absolute atomic E-state index is 5.54. The first-order valence-electron chi connectivity index (χ1n) is 4.80. The Morgan fingerprint density at radius 3 is 2.73 bits per heavy atom. The molecule has 5 heteroatoms. The van der Waals surface area contributed by atoms with E-state index in [-0.39, 0.29) is 0 Å². The number of nitrogens with zero attached hydrogens (tertiary/aromatic N) is 2. The Kier molecular flexibility index (Phi) is 5.02. The number of hydrogen-bond donors (Lipinski definition) is 1. The molecular formula is C10H15Br2N3. The average Bonchev–Trinajstić information content (AvgIpc) is 2.17. The van der Waals surface area contributed by atoms with Crippen LogP contribution in [0, 0.1) is 0 Å². The van der Waals surface area contributed by atoms with Crippen LogP contribution in [0.2, 0.25) is 0 Å². The molecule has 15 heavy (non-hydrogen) atoms. The Labute approximate surface area is 107 Å². The van der Waals surface area contributed by atoms with Gasteiger partial charge >= 0.3 is 0 Å². The van der Waals surface area contributed by atoms with E-state index in [4.69, 9.17) is 5.73 Å². The zero-order valence-electron chi connectivity index (χ0n) is 8.87. The molecule has 0 aliphatic rings. The predicted octanol–water partition coefficient (Wildman–Crippen LogP) is 2.78. The van der Waals surface area contributed by atoms with Gasteiger partial charge in [-0.1, -0.05) is 0 Å². The number of pyridine rings is 1. The molecule has 1 rings (SSSR count). The molecule has 0 radical (unpaired) electrons. The lowest BCUT2D eigenvalue weighted by Crippen LogP contribution is -2.31. The zero-order chi connectivity index (χ0) is 11.4. The molecule has 0 aromatic carbocycles. The zero-order valence-corrected chi connectivity index (χ0v) is 12.0. The van der Waals surface area contributed by atoms with Crippen molar-refractivity contribution >= 4 is 37.7 Å². The molecule has 0 bridgehead atoms. The molecule has 0 aliphatic heterocycles. The quantitative estimate of drug-likeness (QED) is 0.919. The van der Waals surface area contributed by atoms with E-state index in [9.17, 15) is 0 Å². The number of nitrogens with two attached hydrogens (primary N) is 1. The maximum Gasteiger partial charge on any atom is 0.142 e. The summed E-state index contributed by atoms with van der Waals surface area (Å²) in [6.07, 6.45) is 2.76. The monoisotopic (exact) mass is 335 g/mol. The van der Waals surface area contributed by atoms with Crippen LogP contribution < -0.4 is 10.6 Å². The van der Waals surface area contributed by atoms with Crippen molar-refractivity contribution in [3.05, 3.63) is 21.2 Å². The average molecular weight is 337 g/mol. The van der Waals surface area contributed by atoms with Gasteiger partial charge < -0.3 is 10.6 Å². The Balaban J connectivity index is 2.86. The Morgan fingerprint density at radius 2 is 2.20 bits per heavy atom. The molecule has 3 nitrogen and oxygen atoms in total. The predicted molar refractivity (Wildman–Crippen MR) is 71.2 cm³/mol. The first-order chi connectivity index (χ1) is 7.06. The van der Waals surface area contributed by atoms with Gasteiger partial charge in [-0.15, -0.1) is 0 Å². The molecule has 0 aliphatic carbocycles. The van der Waals surface area contributed by atoms with Crippen LogP contribution in [0.3, 0.4) is 0 Å². The van der Waals surface area contributed by atoms with Crippen LogP contribution in [0.4, 0.5) is 5.82 Å². The highest BCUT2D eigenvalue weighted by Crippen LogP contribution is 2.27. The number of anilines is 1. The van der Waals surface area contributed by atoms with E-state index in [1.54, 1.807) is 6.20 Å². The largest absolute Gasteiger partial charge is 0.356 e. The van der Waals surface area contributed by atoms with Crippen molar-refractivity contribution in [2.45, 2.75) is 19.4 Å². The van der Waals surface area contributed by atoms with Crippen molar-refractivity contribution in [2.24, 2.45) is 5.73 Å². The Bertz CT molecular complexity index is 330. The molecule has 0 spiro atoms. The number of hydrogen-bond acceptors (Lipinski definition) is 3. The number of aromatic nitrogens is 1. The lowest BCUT2D eigenvalue weighted by Gasteiger charge is -2.26. The molecule has 0 fully saturated rings. The highest BCUT2D eigenvalue weighted by molar-refractivity contribution is 9.11. The summed E-state index contributed by atoms with van der Waals surface area (Å²) in [7, 11) is 2.03. The van der Waals surface area contributed by atoms with Gasteiger partial charge in [-0.2, -0.15) is 0 Å². The van der Waals surface area contributed by atoms with Crippen molar-refractivity contribution in [1.82, 2.24) is 4.98 Å². The molecule has 1 unspecified atom stereocenters. The molecule has 1 aromatic heterocycles. The summed E-state index contributed by atoms with van der Waals surface area (Å²) < 4.78 is 1.96. The SMILES string of the molecule is CC(CCN)N(C)c1ncc(Br)cc1Br. The second kappa shape index (κ2) is 5.82. The van der Waals surface area contributed by atoms with Gasteiger partial charge in [0.25, 0.3) is 0 Å². The van der Waals surface area contributed by atoms with Gasteiger partial charge in [-0.05, 0) is 57.8 Å². The first-order valence-corrected chi connectivity index (χ1v) is 6.38. The molecule has 1 atom stereocenters. The number of halogens is 2. The van der Waals surface area contributed by atoms with E-state index in [1.807, 2.05) is 13.1 Å². The fourth-order valence-electron chi connectivity index (χ4n) is 1.31. The van der Waals surface area contributed by atoms with Crippen LogP contribution in [-0.2, 0) is 0 Å². The third-order valence-corrected chi connectivity index (χ3v) is 3.39. The minimum Gasteiger partial charge on any atom is -0.356 e. The number of rotatable bonds is 4. The fraction of sp³-hybridized carbons (Fsp3) is 0.500. The topological polar surface area (TPSA) is 42.1 Å². The minimum atomic E-state index is 0.389. The minimum absolute atomic E-state index is 0.389. The van der Waals surface area contributed by atoms with E-state index >= 15 is 0 Å². The molecule has 0 amide bonds. The first kappa shape index (κ1) is 12.9. The van der Waals surface area contributed by atoms with Crippen LogP contribution in [-0.4, -0.2) is 24.6 Å². The van der Waals surface area contributed by atoms with Crippen molar-refractivity contribution < 1.29 is 0 Å². The fourth-order valence-corrected chi connectivity index (χ4v) is 2.58. The van der Waals surface area contributed by atoms with Crippen LogP contribution in [0.15, 0.2) is 21.2 Å². The van der Waals surface area contributed by atoms with E-state index < -0.39 is 0 Å². The van der Waals surface area contributed by atoms with Crippen LogP contribution in [0.5, 0.6) is 0 Å². The van der Waals surface area contributed by atoms with Crippen LogP contribution in [0.1, 0.15) is 13.3 Å². The van der Waals surface area contributed by atoms with Gasteiger partial charge in [0.05, 0.1) is 4.47 Å². The summed E-state index contributed by atoms with van der Waals surface area (Å²) >= 11 is 6.88. The highest BCUT2D eigenvalue weighted by Gasteiger charge is 2.13. The molecule has 2 N–H and O–H groups in total. The third kappa shape index (κ3) is 3.43. The summed E-state index contributed by atoms with van der Waals surface area (Å²) in [6, 6.07) is 2.38. The summed E-state index contributed by atoms with van der Waals surface area (Å²) in [6.45, 7) is 2.84. The molecule has 0 saturated carbocycles. The van der Waals surface area contributed by atoms with E-state index in [2.05, 4.69) is 48.7 Å². The standard InChI is InChI=1S/C10H15Br2N3/c1-7(3-4-13)15(2)10-9(12)5-8(11)6-14-10/h5-7H,3-4,13H2,1-2H3. The van der Waals surface area contributed by atoms with Crippen molar-refractivity contribution in [2.75, 3.05) is 18.5 Å². The molecule has 1 heterocycles. The summed E-state index contributed by atoms with van der Waals surface area (Å²) in [5.41, 5.74) is 5.54. The Hall–Kier alpha value is -0.130. The Morgan fingerprint density at radius 1 is 1.53 bits per heavy atom. The van der Waals surface area contributed by atoms with Crippen LogP contribution >= 0.6 is 31.9 Å². The van der Waals surface area contributed by atoms with Gasteiger partial charge in [0, 0.05) is 23.8 Å². The summed E-state index contributed by atoms with van der Waals surface area (Å²) in [5, 5.41) is 0. The summed E-state index contributed by atoms with van der Waals surface area (Å²) in [4.78, 5) is 6.50. The lowest BCUT2D eigenvalue weighted by molar-refractivity contribution is 0.628. The van der Waals surface area contributed by atoms with Gasteiger partial charge in [-0.3, -0.25) is 0 Å². The second-order valence-electron chi connectivity index (χ2n) is 3.50. The highest BCUT2D eigenvalue weighted by atomic mass is 79.9. The van der Waals surface area contributed by atoms with Gasteiger partial charge in [0.1, 0.15) is 5.82 Å². The molecule has 84 valence electrons. The van der Waals surface area contributed by atoms with Crippen molar-refractivity contribution in [3.8, 4) is 0 Å². The normalized spacial score (nSPS) is 12.6. The lowest BCUT2D eigenvalue weighted by atomic mass is 10.2. The van der Waals surface area contributed by atoms with Crippen molar-refractivity contribution in [1.29, 1.82) is 0 Å². The smallest absolute Gasteiger partial charge is 0.142 e. The second-order valence-corrected chi connectivity index (χ2v) is 5.27. The van der Waals surface area contributed by atoms with Gasteiger partial charge in [-0.25, -0.2) is 4.98 Å². The third-order valence-electron chi connectivity index (χ3n) is 2.37. The molecule has 0 saturated heterocycles. The van der Waals surface area contributed by atoms with Crippen molar-refractivity contribution in [3.63, 3.8) is 0 Å². The van der Waals surface area contributed by atoms with E-state index in [0.29, 0.717) is 12.6 Å². The summed E-state index contributed by atoms with van der Waals surface area (Å²) in [5.74, 6) is 0.944.